The van der Waals surface area contributed by atoms with E-state index in [9.17, 15) is 14.0 Å². The molecule has 2 amide bonds. The third-order valence-electron chi connectivity index (χ3n) is 4.42. The number of nitrogens with zero attached hydrogens (tertiary/aromatic N) is 4. The van der Waals surface area contributed by atoms with E-state index in [1.807, 2.05) is 13.2 Å². The lowest BCUT2D eigenvalue weighted by Crippen LogP contribution is -2.34. The summed E-state index contributed by atoms with van der Waals surface area (Å²) < 4.78 is 15.8. The van der Waals surface area contributed by atoms with Gasteiger partial charge in [-0.2, -0.15) is 5.10 Å². The maximum Gasteiger partial charge on any atom is 0.228 e. The Morgan fingerprint density at radius 1 is 1.44 bits per heavy atom. The number of benzene rings is 1. The van der Waals surface area contributed by atoms with Crippen molar-refractivity contribution < 1.29 is 14.0 Å². The van der Waals surface area contributed by atoms with E-state index < -0.39 is 11.7 Å². The van der Waals surface area contributed by atoms with Crippen molar-refractivity contribution >= 4 is 17.5 Å². The molecule has 1 atom stereocenters. The lowest BCUT2D eigenvalue weighted by molar-refractivity contribution is -0.135. The highest BCUT2D eigenvalue weighted by Crippen LogP contribution is 2.29. The van der Waals surface area contributed by atoms with Crippen LogP contribution in [0, 0.1) is 18.7 Å². The van der Waals surface area contributed by atoms with Crippen LogP contribution < -0.4 is 4.90 Å². The molecule has 0 N–H and O–H groups in total. The molecule has 1 fully saturated rings. The zero-order chi connectivity index (χ0) is 18.1. The van der Waals surface area contributed by atoms with Gasteiger partial charge in [-0.3, -0.25) is 14.3 Å². The zero-order valence-electron chi connectivity index (χ0n) is 14.6. The molecule has 2 heterocycles. The van der Waals surface area contributed by atoms with Gasteiger partial charge in [-0.15, -0.1) is 0 Å². The van der Waals surface area contributed by atoms with Crippen molar-refractivity contribution in [3.8, 4) is 0 Å². The van der Waals surface area contributed by atoms with Crippen LogP contribution in [0.25, 0.3) is 0 Å². The third-order valence-corrected chi connectivity index (χ3v) is 4.42. The second-order valence-corrected chi connectivity index (χ2v) is 6.58. The summed E-state index contributed by atoms with van der Waals surface area (Å²) in [5.41, 5.74) is 1.95. The molecule has 25 heavy (non-hydrogen) atoms. The van der Waals surface area contributed by atoms with Gasteiger partial charge in [0.15, 0.2) is 0 Å². The first-order chi connectivity index (χ1) is 11.8. The maximum atomic E-state index is 14.2. The predicted molar refractivity (Wildman–Crippen MR) is 91.3 cm³/mol. The van der Waals surface area contributed by atoms with E-state index in [1.165, 1.54) is 11.0 Å². The van der Waals surface area contributed by atoms with Gasteiger partial charge >= 0.3 is 0 Å². The van der Waals surface area contributed by atoms with Gasteiger partial charge in [0.2, 0.25) is 11.8 Å². The summed E-state index contributed by atoms with van der Waals surface area (Å²) in [6.07, 6.45) is 3.65. The number of hydrogen-bond acceptors (Lipinski definition) is 3. The number of rotatable bonds is 4. The van der Waals surface area contributed by atoms with Crippen molar-refractivity contribution in [1.29, 1.82) is 0 Å². The first kappa shape index (κ1) is 17.1. The van der Waals surface area contributed by atoms with E-state index in [0.717, 1.165) is 11.1 Å². The summed E-state index contributed by atoms with van der Waals surface area (Å²) in [7, 11) is 3.52. The minimum Gasteiger partial charge on any atom is -0.341 e. The summed E-state index contributed by atoms with van der Waals surface area (Å²) >= 11 is 0. The lowest BCUT2D eigenvalue weighted by atomic mass is 10.1. The number of halogens is 1. The van der Waals surface area contributed by atoms with Crippen molar-refractivity contribution in [1.82, 2.24) is 14.7 Å². The molecule has 0 saturated carbocycles. The Kier molecular flexibility index (Phi) is 4.57. The molecule has 0 bridgehead atoms. The summed E-state index contributed by atoms with van der Waals surface area (Å²) in [6, 6.07) is 4.75. The average Bonchev–Trinajstić information content (AvgIpc) is 3.12. The summed E-state index contributed by atoms with van der Waals surface area (Å²) in [4.78, 5) is 27.9. The fourth-order valence-corrected chi connectivity index (χ4v) is 3.15. The number of aryl methyl sites for hydroxylation is 2. The van der Waals surface area contributed by atoms with Gasteiger partial charge in [0.25, 0.3) is 0 Å². The van der Waals surface area contributed by atoms with E-state index in [-0.39, 0.29) is 30.5 Å². The largest absolute Gasteiger partial charge is 0.341 e. The van der Waals surface area contributed by atoms with Gasteiger partial charge in [0.05, 0.1) is 17.8 Å². The second-order valence-electron chi connectivity index (χ2n) is 6.58. The quantitative estimate of drug-likeness (QED) is 0.851. The van der Waals surface area contributed by atoms with Crippen LogP contribution in [0.4, 0.5) is 10.1 Å². The number of aromatic nitrogens is 2. The summed E-state index contributed by atoms with van der Waals surface area (Å²) in [5.74, 6) is -1.25. The highest BCUT2D eigenvalue weighted by atomic mass is 19.1. The third kappa shape index (κ3) is 3.55. The smallest absolute Gasteiger partial charge is 0.228 e. The topological polar surface area (TPSA) is 58.4 Å². The standard InChI is InChI=1S/C18H21FN4O2/c1-12-4-5-16(15(19)6-12)23-11-14(7-17(23)24)18(25)21(2)9-13-8-20-22(3)10-13/h4-6,8,10,14H,7,9,11H2,1-3H3/t14-/m1/s1. The van der Waals surface area contributed by atoms with Gasteiger partial charge in [0.1, 0.15) is 5.82 Å². The normalized spacial score (nSPS) is 17.2. The van der Waals surface area contributed by atoms with Crippen LogP contribution in [0.3, 0.4) is 0 Å². The molecule has 132 valence electrons. The highest BCUT2D eigenvalue weighted by molar-refractivity contribution is 6.00. The fraction of sp³-hybridized carbons (Fsp3) is 0.389. The molecule has 7 heteroatoms. The number of anilines is 1. The van der Waals surface area contributed by atoms with Crippen LogP contribution in [-0.4, -0.2) is 40.1 Å². The van der Waals surface area contributed by atoms with Crippen LogP contribution in [0.1, 0.15) is 17.5 Å². The summed E-state index contributed by atoms with van der Waals surface area (Å²) in [6.45, 7) is 2.42. The van der Waals surface area contributed by atoms with Gasteiger partial charge < -0.3 is 9.80 Å². The summed E-state index contributed by atoms with van der Waals surface area (Å²) in [5, 5.41) is 4.08. The molecule has 2 aromatic rings. The Labute approximate surface area is 145 Å². The van der Waals surface area contributed by atoms with E-state index in [2.05, 4.69) is 5.10 Å². The minimum absolute atomic E-state index is 0.101. The molecule has 6 nitrogen and oxygen atoms in total. The minimum atomic E-state index is -0.463. The highest BCUT2D eigenvalue weighted by Gasteiger charge is 2.37. The van der Waals surface area contributed by atoms with E-state index in [4.69, 9.17) is 0 Å². The lowest BCUT2D eigenvalue weighted by Gasteiger charge is -2.21. The molecule has 0 radical (unpaired) electrons. The van der Waals surface area contributed by atoms with Gasteiger partial charge in [-0.1, -0.05) is 6.07 Å². The van der Waals surface area contributed by atoms with E-state index in [0.29, 0.717) is 6.54 Å². The second kappa shape index (κ2) is 6.66. The molecule has 1 aromatic heterocycles. The number of amides is 2. The molecule has 1 aliphatic heterocycles. The molecular formula is C18H21FN4O2. The fourth-order valence-electron chi connectivity index (χ4n) is 3.15. The molecule has 0 aliphatic carbocycles. The van der Waals surface area contributed by atoms with Crippen LogP contribution in [-0.2, 0) is 23.2 Å². The van der Waals surface area contributed by atoms with Crippen molar-refractivity contribution in [2.75, 3.05) is 18.5 Å². The molecule has 0 unspecified atom stereocenters. The Morgan fingerprint density at radius 2 is 2.20 bits per heavy atom. The Balaban J connectivity index is 1.69. The first-order valence-corrected chi connectivity index (χ1v) is 8.14. The predicted octanol–water partition coefficient (Wildman–Crippen LogP) is 1.88. The zero-order valence-corrected chi connectivity index (χ0v) is 14.6. The van der Waals surface area contributed by atoms with E-state index >= 15 is 0 Å². The van der Waals surface area contributed by atoms with Crippen molar-refractivity contribution in [3.63, 3.8) is 0 Å². The molecule has 1 aliphatic rings. The number of carbonyl (C=O) groups is 2. The van der Waals surface area contributed by atoms with Crippen molar-refractivity contribution in [2.24, 2.45) is 13.0 Å². The van der Waals surface area contributed by atoms with Crippen molar-refractivity contribution in [2.45, 2.75) is 19.9 Å². The SMILES string of the molecule is Cc1ccc(N2C[C@H](C(=O)N(C)Cc3cnn(C)c3)CC2=O)c(F)c1. The van der Waals surface area contributed by atoms with Crippen molar-refractivity contribution in [3.05, 3.63) is 47.5 Å². The maximum absolute atomic E-state index is 14.2. The first-order valence-electron chi connectivity index (χ1n) is 8.14. The van der Waals surface area contributed by atoms with Crippen LogP contribution >= 0.6 is 0 Å². The van der Waals surface area contributed by atoms with Crippen LogP contribution in [0.2, 0.25) is 0 Å². The Hall–Kier alpha value is -2.70. The Morgan fingerprint density at radius 3 is 2.84 bits per heavy atom. The number of carbonyl (C=O) groups excluding carboxylic acids is 2. The van der Waals surface area contributed by atoms with Gasteiger partial charge in [0, 0.05) is 45.4 Å². The van der Waals surface area contributed by atoms with Crippen LogP contribution in [0.15, 0.2) is 30.6 Å². The average molecular weight is 344 g/mol. The van der Waals surface area contributed by atoms with Gasteiger partial charge in [-0.05, 0) is 24.6 Å². The number of hydrogen-bond donors (Lipinski definition) is 0. The molecule has 3 rings (SSSR count). The van der Waals surface area contributed by atoms with Gasteiger partial charge in [-0.25, -0.2) is 4.39 Å². The molecular weight excluding hydrogens is 323 g/mol. The molecule has 1 aromatic carbocycles. The van der Waals surface area contributed by atoms with Crippen LogP contribution in [0.5, 0.6) is 0 Å². The Bertz CT molecular complexity index is 817. The van der Waals surface area contributed by atoms with E-state index in [1.54, 1.807) is 41.9 Å². The molecule has 0 spiro atoms. The monoisotopic (exact) mass is 344 g/mol. The molecule has 1 saturated heterocycles.